The number of benzene rings is 1. The second kappa shape index (κ2) is 5.52. The van der Waals surface area contributed by atoms with Crippen LogP contribution in [0.1, 0.15) is 31.9 Å². The quantitative estimate of drug-likeness (QED) is 0.842. The van der Waals surface area contributed by atoms with Crippen LogP contribution in [-0.2, 0) is 4.74 Å². The van der Waals surface area contributed by atoms with E-state index in [0.29, 0.717) is 17.7 Å². The molecule has 2 rings (SSSR count). The van der Waals surface area contributed by atoms with Gasteiger partial charge in [-0.05, 0) is 43.9 Å². The lowest BCUT2D eigenvalue weighted by molar-refractivity contribution is 0.177. The molecule has 0 bridgehead atoms. The SMILES string of the molecule is C[C@H](N[C@H](C)c1cccc(O)c1)[C@@H]1CCOC1. The molecule has 94 valence electrons. The molecule has 0 amide bonds. The molecule has 1 aromatic rings. The smallest absolute Gasteiger partial charge is 0.115 e. The Balaban J connectivity index is 1.93. The van der Waals surface area contributed by atoms with Crippen molar-refractivity contribution in [3.8, 4) is 5.75 Å². The highest BCUT2D eigenvalue weighted by Gasteiger charge is 2.23. The van der Waals surface area contributed by atoms with Crippen molar-refractivity contribution in [3.05, 3.63) is 29.8 Å². The summed E-state index contributed by atoms with van der Waals surface area (Å²) in [6.07, 6.45) is 1.14. The number of aromatic hydroxyl groups is 1. The monoisotopic (exact) mass is 235 g/mol. The van der Waals surface area contributed by atoms with Crippen molar-refractivity contribution in [2.75, 3.05) is 13.2 Å². The van der Waals surface area contributed by atoms with E-state index >= 15 is 0 Å². The maximum Gasteiger partial charge on any atom is 0.115 e. The first kappa shape index (κ1) is 12.4. The molecule has 0 unspecified atom stereocenters. The van der Waals surface area contributed by atoms with Crippen molar-refractivity contribution in [2.45, 2.75) is 32.4 Å². The number of rotatable bonds is 4. The highest BCUT2D eigenvalue weighted by Crippen LogP contribution is 2.22. The van der Waals surface area contributed by atoms with Crippen LogP contribution < -0.4 is 5.32 Å². The lowest BCUT2D eigenvalue weighted by Gasteiger charge is -2.24. The van der Waals surface area contributed by atoms with Crippen LogP contribution in [-0.4, -0.2) is 24.4 Å². The van der Waals surface area contributed by atoms with Gasteiger partial charge in [-0.2, -0.15) is 0 Å². The summed E-state index contributed by atoms with van der Waals surface area (Å²) in [5.41, 5.74) is 1.12. The number of phenolic OH excluding ortho intramolecular Hbond substituents is 1. The van der Waals surface area contributed by atoms with Crippen molar-refractivity contribution in [3.63, 3.8) is 0 Å². The van der Waals surface area contributed by atoms with Crippen LogP contribution in [0.5, 0.6) is 5.75 Å². The minimum absolute atomic E-state index is 0.248. The summed E-state index contributed by atoms with van der Waals surface area (Å²) in [4.78, 5) is 0. The van der Waals surface area contributed by atoms with Crippen molar-refractivity contribution < 1.29 is 9.84 Å². The fourth-order valence-corrected chi connectivity index (χ4v) is 2.37. The molecule has 3 nitrogen and oxygen atoms in total. The van der Waals surface area contributed by atoms with Crippen molar-refractivity contribution >= 4 is 0 Å². The van der Waals surface area contributed by atoms with E-state index in [9.17, 15) is 5.11 Å². The van der Waals surface area contributed by atoms with Crippen LogP contribution in [0.4, 0.5) is 0 Å². The largest absolute Gasteiger partial charge is 0.508 e. The summed E-state index contributed by atoms with van der Waals surface area (Å²) in [7, 11) is 0. The molecule has 0 aromatic heterocycles. The first-order valence-electron chi connectivity index (χ1n) is 6.29. The van der Waals surface area contributed by atoms with Gasteiger partial charge in [-0.15, -0.1) is 0 Å². The van der Waals surface area contributed by atoms with E-state index in [1.807, 2.05) is 18.2 Å². The van der Waals surface area contributed by atoms with E-state index in [1.54, 1.807) is 6.07 Å². The average Bonchev–Trinajstić information content (AvgIpc) is 2.82. The van der Waals surface area contributed by atoms with E-state index in [2.05, 4.69) is 19.2 Å². The maximum atomic E-state index is 9.46. The van der Waals surface area contributed by atoms with E-state index < -0.39 is 0 Å². The molecule has 3 heteroatoms. The topological polar surface area (TPSA) is 41.5 Å². The highest BCUT2D eigenvalue weighted by atomic mass is 16.5. The van der Waals surface area contributed by atoms with E-state index in [1.165, 1.54) is 0 Å². The Hall–Kier alpha value is -1.06. The van der Waals surface area contributed by atoms with Gasteiger partial charge in [-0.3, -0.25) is 0 Å². The lowest BCUT2D eigenvalue weighted by atomic mass is 9.98. The van der Waals surface area contributed by atoms with Crippen LogP contribution in [0.25, 0.3) is 0 Å². The second-order valence-electron chi connectivity index (χ2n) is 4.90. The molecule has 0 saturated carbocycles. The highest BCUT2D eigenvalue weighted by molar-refractivity contribution is 5.29. The fourth-order valence-electron chi connectivity index (χ4n) is 2.37. The van der Waals surface area contributed by atoms with E-state index in [4.69, 9.17) is 4.74 Å². The van der Waals surface area contributed by atoms with Gasteiger partial charge in [-0.25, -0.2) is 0 Å². The normalized spacial score (nSPS) is 23.5. The van der Waals surface area contributed by atoms with Gasteiger partial charge in [-0.1, -0.05) is 12.1 Å². The average molecular weight is 235 g/mol. The van der Waals surface area contributed by atoms with Crippen LogP contribution in [0.2, 0.25) is 0 Å². The van der Waals surface area contributed by atoms with Crippen molar-refractivity contribution in [2.24, 2.45) is 5.92 Å². The van der Waals surface area contributed by atoms with Gasteiger partial charge in [0.15, 0.2) is 0 Å². The third kappa shape index (κ3) is 3.20. The van der Waals surface area contributed by atoms with Gasteiger partial charge >= 0.3 is 0 Å². The predicted molar refractivity (Wildman–Crippen MR) is 68.0 cm³/mol. The molecule has 1 aliphatic heterocycles. The number of hydrogen-bond donors (Lipinski definition) is 2. The number of ether oxygens (including phenoxy) is 1. The summed E-state index contributed by atoms with van der Waals surface area (Å²) in [5, 5.41) is 13.0. The molecule has 2 N–H and O–H groups in total. The standard InChI is InChI=1S/C14H21NO2/c1-10(12-4-3-5-14(16)8-12)15-11(2)13-6-7-17-9-13/h3-5,8,10-11,13,15-16H,6-7,9H2,1-2H3/t10-,11+,13-/m1/s1. The minimum Gasteiger partial charge on any atom is -0.508 e. The zero-order chi connectivity index (χ0) is 12.3. The zero-order valence-electron chi connectivity index (χ0n) is 10.5. The summed E-state index contributed by atoms with van der Waals surface area (Å²) >= 11 is 0. The molecular formula is C14H21NO2. The third-order valence-electron chi connectivity index (χ3n) is 3.56. The van der Waals surface area contributed by atoms with Crippen molar-refractivity contribution in [1.82, 2.24) is 5.32 Å². The van der Waals surface area contributed by atoms with Crippen LogP contribution in [0.15, 0.2) is 24.3 Å². The van der Waals surface area contributed by atoms with Gasteiger partial charge in [0.1, 0.15) is 5.75 Å². The molecule has 3 atom stereocenters. The molecule has 1 aromatic carbocycles. The molecular weight excluding hydrogens is 214 g/mol. The number of hydrogen-bond acceptors (Lipinski definition) is 3. The third-order valence-corrected chi connectivity index (χ3v) is 3.56. The summed E-state index contributed by atoms with van der Waals surface area (Å²) in [6.45, 7) is 6.08. The summed E-state index contributed by atoms with van der Waals surface area (Å²) in [6, 6.07) is 8.12. The van der Waals surface area contributed by atoms with Gasteiger partial charge in [0.2, 0.25) is 0 Å². The molecule has 0 aliphatic carbocycles. The molecule has 1 heterocycles. The maximum absolute atomic E-state index is 9.46. The van der Waals surface area contributed by atoms with E-state index in [0.717, 1.165) is 25.2 Å². The fraction of sp³-hybridized carbons (Fsp3) is 0.571. The Morgan fingerprint density at radius 3 is 2.88 bits per heavy atom. The van der Waals surface area contributed by atoms with Gasteiger partial charge in [0, 0.05) is 18.7 Å². The minimum atomic E-state index is 0.248. The van der Waals surface area contributed by atoms with Crippen molar-refractivity contribution in [1.29, 1.82) is 0 Å². The summed E-state index contributed by atoms with van der Waals surface area (Å²) in [5.74, 6) is 0.933. The molecule has 1 aliphatic rings. The molecule has 1 saturated heterocycles. The zero-order valence-corrected chi connectivity index (χ0v) is 10.5. The van der Waals surface area contributed by atoms with Gasteiger partial charge in [0.05, 0.1) is 6.61 Å². The Kier molecular flexibility index (Phi) is 4.02. The van der Waals surface area contributed by atoms with Gasteiger partial charge in [0.25, 0.3) is 0 Å². The Morgan fingerprint density at radius 2 is 2.24 bits per heavy atom. The predicted octanol–water partition coefficient (Wildman–Crippen LogP) is 2.47. The second-order valence-corrected chi connectivity index (χ2v) is 4.90. The molecule has 0 spiro atoms. The number of nitrogens with one attached hydrogen (secondary N) is 1. The molecule has 1 fully saturated rings. The van der Waals surface area contributed by atoms with Gasteiger partial charge < -0.3 is 15.2 Å². The van der Waals surface area contributed by atoms with Crippen LogP contribution >= 0.6 is 0 Å². The first-order valence-corrected chi connectivity index (χ1v) is 6.29. The Labute approximate surface area is 103 Å². The lowest BCUT2D eigenvalue weighted by Crippen LogP contribution is -2.35. The van der Waals surface area contributed by atoms with Crippen LogP contribution in [0, 0.1) is 5.92 Å². The number of phenols is 1. The first-order chi connectivity index (χ1) is 8.16. The Morgan fingerprint density at radius 1 is 1.41 bits per heavy atom. The molecule has 0 radical (unpaired) electrons. The molecule has 17 heavy (non-hydrogen) atoms. The van der Waals surface area contributed by atoms with Crippen LogP contribution in [0.3, 0.4) is 0 Å². The summed E-state index contributed by atoms with van der Waals surface area (Å²) < 4.78 is 5.40. The van der Waals surface area contributed by atoms with E-state index in [-0.39, 0.29) is 6.04 Å². The Bertz CT molecular complexity index is 361.